The highest BCUT2D eigenvalue weighted by Crippen LogP contribution is 2.15. The molecule has 0 heterocycles. The van der Waals surface area contributed by atoms with Crippen LogP contribution in [0.2, 0.25) is 0 Å². The number of allylic oxidation sites excluding steroid dienone is 22. The van der Waals surface area contributed by atoms with Crippen molar-refractivity contribution in [1.82, 2.24) is 0 Å². The Kier molecular flexibility index (Phi) is 60.4. The largest absolute Gasteiger partial charge is 0.462 e. The summed E-state index contributed by atoms with van der Waals surface area (Å²) in [6, 6.07) is 0. The molecule has 0 aromatic carbocycles. The van der Waals surface area contributed by atoms with Gasteiger partial charge in [0.25, 0.3) is 0 Å². The van der Waals surface area contributed by atoms with Crippen LogP contribution in [0, 0.1) is 0 Å². The average molecular weight is 1070 g/mol. The second kappa shape index (κ2) is 64.1. The van der Waals surface area contributed by atoms with Crippen LogP contribution >= 0.6 is 0 Å². The Hall–Kier alpha value is -4.45. The first-order valence-electron chi connectivity index (χ1n) is 31.7. The summed E-state index contributed by atoms with van der Waals surface area (Å²) in [4.78, 5) is 38.3. The molecule has 6 nitrogen and oxygen atoms in total. The van der Waals surface area contributed by atoms with Gasteiger partial charge in [0.2, 0.25) is 0 Å². The van der Waals surface area contributed by atoms with Gasteiger partial charge in [0.05, 0.1) is 0 Å². The van der Waals surface area contributed by atoms with E-state index in [0.29, 0.717) is 25.7 Å². The van der Waals surface area contributed by atoms with Crippen molar-refractivity contribution >= 4 is 17.9 Å². The van der Waals surface area contributed by atoms with E-state index in [9.17, 15) is 14.4 Å². The number of carbonyl (C=O) groups excluding carboxylic acids is 3. The molecule has 0 amide bonds. The van der Waals surface area contributed by atoms with E-state index in [1.54, 1.807) is 0 Å². The molecule has 0 spiro atoms. The van der Waals surface area contributed by atoms with Crippen LogP contribution in [-0.2, 0) is 28.6 Å². The maximum atomic E-state index is 12.9. The number of carbonyl (C=O) groups is 3. The van der Waals surface area contributed by atoms with Crippen molar-refractivity contribution in [2.75, 3.05) is 13.2 Å². The number of hydrogen-bond donors (Lipinski definition) is 0. The molecule has 0 aliphatic heterocycles. The van der Waals surface area contributed by atoms with Crippen LogP contribution in [0.4, 0.5) is 0 Å². The van der Waals surface area contributed by atoms with Crippen LogP contribution in [0.25, 0.3) is 0 Å². The quantitative estimate of drug-likeness (QED) is 0.0261. The second-order valence-corrected chi connectivity index (χ2v) is 20.5. The fourth-order valence-corrected chi connectivity index (χ4v) is 8.43. The maximum absolute atomic E-state index is 12.9. The fourth-order valence-electron chi connectivity index (χ4n) is 8.43. The highest BCUT2D eigenvalue weighted by molar-refractivity contribution is 5.71. The monoisotopic (exact) mass is 1060 g/mol. The molecule has 0 radical (unpaired) electrons. The third-order valence-electron chi connectivity index (χ3n) is 13.1. The van der Waals surface area contributed by atoms with Gasteiger partial charge in [0.15, 0.2) is 6.10 Å². The molecule has 1 unspecified atom stereocenters. The van der Waals surface area contributed by atoms with Crippen molar-refractivity contribution in [1.29, 1.82) is 0 Å². The van der Waals surface area contributed by atoms with E-state index in [2.05, 4.69) is 154 Å². The molecule has 0 aliphatic carbocycles. The van der Waals surface area contributed by atoms with Gasteiger partial charge < -0.3 is 14.2 Å². The van der Waals surface area contributed by atoms with Crippen LogP contribution < -0.4 is 0 Å². The Morgan fingerprint density at radius 3 is 0.831 bits per heavy atom. The summed E-state index contributed by atoms with van der Waals surface area (Å²) in [6.07, 6.45) is 90.3. The predicted octanol–water partition coefficient (Wildman–Crippen LogP) is 21.8. The number of hydrogen-bond acceptors (Lipinski definition) is 6. The smallest absolute Gasteiger partial charge is 0.306 e. The lowest BCUT2D eigenvalue weighted by molar-refractivity contribution is -0.167. The second-order valence-electron chi connectivity index (χ2n) is 20.5. The lowest BCUT2D eigenvalue weighted by atomic mass is 10.0. The van der Waals surface area contributed by atoms with E-state index in [4.69, 9.17) is 14.2 Å². The third kappa shape index (κ3) is 62.3. The van der Waals surface area contributed by atoms with Crippen molar-refractivity contribution in [3.63, 3.8) is 0 Å². The van der Waals surface area contributed by atoms with Gasteiger partial charge in [0.1, 0.15) is 13.2 Å². The van der Waals surface area contributed by atoms with Crippen LogP contribution in [0.15, 0.2) is 134 Å². The van der Waals surface area contributed by atoms with Crippen LogP contribution in [0.3, 0.4) is 0 Å². The minimum absolute atomic E-state index is 0.113. The van der Waals surface area contributed by atoms with E-state index < -0.39 is 6.10 Å². The number of ether oxygens (including phenoxy) is 3. The van der Waals surface area contributed by atoms with Crippen molar-refractivity contribution in [2.24, 2.45) is 0 Å². The van der Waals surface area contributed by atoms with E-state index in [0.717, 1.165) is 109 Å². The van der Waals surface area contributed by atoms with Gasteiger partial charge in [-0.3, -0.25) is 14.4 Å². The Balaban J connectivity index is 4.48. The summed E-state index contributed by atoms with van der Waals surface area (Å²) in [6.45, 7) is 6.35. The summed E-state index contributed by atoms with van der Waals surface area (Å²) in [7, 11) is 0. The molecule has 6 heteroatoms. The highest BCUT2D eigenvalue weighted by atomic mass is 16.6. The van der Waals surface area contributed by atoms with Crippen molar-refractivity contribution < 1.29 is 28.6 Å². The van der Waals surface area contributed by atoms with Gasteiger partial charge in [-0.25, -0.2) is 0 Å². The predicted molar refractivity (Wildman–Crippen MR) is 334 cm³/mol. The molecular formula is C71H116O6. The number of rotatable bonds is 56. The van der Waals surface area contributed by atoms with Crippen molar-refractivity contribution in [2.45, 2.75) is 284 Å². The van der Waals surface area contributed by atoms with Gasteiger partial charge in [-0.1, -0.05) is 257 Å². The molecule has 77 heavy (non-hydrogen) atoms. The molecule has 436 valence electrons. The maximum Gasteiger partial charge on any atom is 0.306 e. The zero-order valence-corrected chi connectivity index (χ0v) is 49.9. The summed E-state index contributed by atoms with van der Waals surface area (Å²) < 4.78 is 16.8. The zero-order valence-electron chi connectivity index (χ0n) is 49.9. The Morgan fingerprint density at radius 1 is 0.273 bits per heavy atom. The molecule has 0 fully saturated rings. The molecular weight excluding hydrogens is 949 g/mol. The first kappa shape index (κ1) is 72.5. The first-order chi connectivity index (χ1) is 38.0. The minimum atomic E-state index is -0.825. The number of esters is 3. The molecule has 0 saturated carbocycles. The fraction of sp³-hybridized carbons (Fsp3) is 0.648. The lowest BCUT2D eigenvalue weighted by Crippen LogP contribution is -2.30. The van der Waals surface area contributed by atoms with E-state index in [1.807, 2.05) is 0 Å². The summed E-state index contributed by atoms with van der Waals surface area (Å²) in [5.41, 5.74) is 0. The van der Waals surface area contributed by atoms with Crippen molar-refractivity contribution in [3.05, 3.63) is 134 Å². The highest BCUT2D eigenvalue weighted by Gasteiger charge is 2.19. The van der Waals surface area contributed by atoms with Gasteiger partial charge >= 0.3 is 17.9 Å². The van der Waals surface area contributed by atoms with E-state index in [-0.39, 0.29) is 37.5 Å². The summed E-state index contributed by atoms with van der Waals surface area (Å²) in [5.74, 6) is -1.000. The van der Waals surface area contributed by atoms with Crippen molar-refractivity contribution in [3.8, 4) is 0 Å². The Bertz CT molecular complexity index is 1650. The molecule has 0 aromatic rings. The van der Waals surface area contributed by atoms with Gasteiger partial charge in [0, 0.05) is 19.3 Å². The SMILES string of the molecule is CC/C=C\C/C=C\C/C=C\C/C=C\C/C=C\C/C=C\CCCCC(=O)OC(COC(=O)CCCC/C=C\C/C=C\C/C=C\C/C=C\CC)COC(=O)CCCCCCCCCCCCC/C=C\CCCCCCCCCC. The van der Waals surface area contributed by atoms with E-state index in [1.165, 1.54) is 116 Å². The topological polar surface area (TPSA) is 78.9 Å². The normalized spacial score (nSPS) is 13.0. The van der Waals surface area contributed by atoms with E-state index >= 15 is 0 Å². The van der Waals surface area contributed by atoms with Crippen LogP contribution in [-0.4, -0.2) is 37.2 Å². The lowest BCUT2D eigenvalue weighted by Gasteiger charge is -2.18. The molecule has 0 saturated heterocycles. The third-order valence-corrected chi connectivity index (χ3v) is 13.1. The minimum Gasteiger partial charge on any atom is -0.462 e. The molecule has 1 atom stereocenters. The van der Waals surface area contributed by atoms with Gasteiger partial charge in [-0.2, -0.15) is 0 Å². The Labute approximate surface area is 475 Å². The molecule has 0 aliphatic rings. The van der Waals surface area contributed by atoms with Gasteiger partial charge in [-0.05, 0) is 135 Å². The van der Waals surface area contributed by atoms with Crippen LogP contribution in [0.5, 0.6) is 0 Å². The zero-order chi connectivity index (χ0) is 55.7. The standard InChI is InChI=1S/C71H116O6/c1-4-7-10-13-16-19-22-25-28-30-32-34-35-37-38-40-43-46-49-52-55-58-61-64-70(73)76-67-68(66-75-69(72)63-60-57-54-51-48-45-42-27-24-21-18-15-12-9-6-3)77-71(74)65-62-59-56-53-50-47-44-41-39-36-33-31-29-26-23-20-17-14-11-8-5-2/h8-9,11-12,17-18,20-21,26-27,29-30,32-33,36,41-42,44,48,50-51,53,68H,4-7,10,13-16,19,22-25,28,31,34-35,37-40,43,45-47,49,52,54-67H2,1-3H3/b11-8-,12-9-,20-17-,21-18-,29-26-,32-30-,36-33-,42-27-,44-41-,51-48-,53-50-. The summed E-state index contributed by atoms with van der Waals surface area (Å²) in [5, 5.41) is 0. The molecule has 0 rings (SSSR count). The summed E-state index contributed by atoms with van der Waals surface area (Å²) >= 11 is 0. The average Bonchev–Trinajstić information content (AvgIpc) is 3.43. The first-order valence-corrected chi connectivity index (χ1v) is 31.7. The molecule has 0 bridgehead atoms. The number of unbranched alkanes of at least 4 members (excludes halogenated alkanes) is 23. The Morgan fingerprint density at radius 2 is 0.506 bits per heavy atom. The molecule has 0 N–H and O–H groups in total. The molecule has 0 aromatic heterocycles. The van der Waals surface area contributed by atoms with Gasteiger partial charge in [-0.15, -0.1) is 0 Å². The van der Waals surface area contributed by atoms with Crippen LogP contribution in [0.1, 0.15) is 278 Å².